The number of carbonyl (C=O) groups excluding carboxylic acids is 4. The van der Waals surface area contributed by atoms with E-state index in [2.05, 4.69) is 19.2 Å². The molecule has 1 aromatic carbocycles. The van der Waals surface area contributed by atoms with E-state index in [4.69, 9.17) is 4.74 Å². The molecule has 0 spiro atoms. The minimum atomic E-state index is -0.512. The smallest absolute Gasteiger partial charge is 0.306 e. The Hall–Kier alpha value is -2.70. The first kappa shape index (κ1) is 21.0. The van der Waals surface area contributed by atoms with Crippen LogP contribution in [0, 0.1) is 11.8 Å². The molecule has 2 aliphatic rings. The van der Waals surface area contributed by atoms with Gasteiger partial charge in [0.2, 0.25) is 0 Å². The highest BCUT2D eigenvalue weighted by atomic mass is 16.5. The van der Waals surface area contributed by atoms with Crippen molar-refractivity contribution in [1.29, 1.82) is 0 Å². The quantitative estimate of drug-likeness (QED) is 0.561. The Labute approximate surface area is 170 Å². The summed E-state index contributed by atoms with van der Waals surface area (Å²) in [7, 11) is 0. The van der Waals surface area contributed by atoms with Crippen molar-refractivity contribution < 1.29 is 23.9 Å². The topological polar surface area (TPSA) is 92.8 Å². The Kier molecular flexibility index (Phi) is 6.67. The molecule has 0 saturated heterocycles. The van der Waals surface area contributed by atoms with Crippen molar-refractivity contribution >= 4 is 23.7 Å². The Morgan fingerprint density at radius 2 is 1.76 bits per heavy atom. The summed E-state index contributed by atoms with van der Waals surface area (Å²) in [5.41, 5.74) is 0.783. The zero-order valence-corrected chi connectivity index (χ0v) is 17.0. The molecule has 1 saturated carbocycles. The van der Waals surface area contributed by atoms with E-state index in [1.807, 2.05) is 0 Å². The average Bonchev–Trinajstić information content (AvgIpc) is 2.95. The van der Waals surface area contributed by atoms with E-state index in [0.29, 0.717) is 29.4 Å². The van der Waals surface area contributed by atoms with Crippen LogP contribution in [0.5, 0.6) is 0 Å². The molecule has 1 aromatic rings. The van der Waals surface area contributed by atoms with Gasteiger partial charge in [-0.2, -0.15) is 0 Å². The molecule has 7 heteroatoms. The second-order valence-corrected chi connectivity index (χ2v) is 8.01. The fraction of sp³-hybridized carbons (Fsp3) is 0.545. The van der Waals surface area contributed by atoms with Gasteiger partial charge in [0.05, 0.1) is 11.1 Å². The Bertz CT molecular complexity index is 771. The highest BCUT2D eigenvalue weighted by Gasteiger charge is 2.34. The summed E-state index contributed by atoms with van der Waals surface area (Å²) >= 11 is 0. The van der Waals surface area contributed by atoms with Gasteiger partial charge >= 0.3 is 5.97 Å². The monoisotopic (exact) mass is 400 g/mol. The first-order chi connectivity index (χ1) is 13.9. The summed E-state index contributed by atoms with van der Waals surface area (Å²) in [6.07, 6.45) is 3.55. The first-order valence-electron chi connectivity index (χ1n) is 10.3. The van der Waals surface area contributed by atoms with Gasteiger partial charge in [-0.1, -0.05) is 38.8 Å². The number of benzene rings is 1. The van der Waals surface area contributed by atoms with Gasteiger partial charge in [-0.05, 0) is 36.8 Å². The number of nitrogens with zero attached hydrogens (tertiary/aromatic N) is 1. The Balaban J connectivity index is 1.37. The predicted molar refractivity (Wildman–Crippen MR) is 106 cm³/mol. The maximum atomic E-state index is 12.3. The number of fused-ring (bicyclic) bond motifs is 1. The van der Waals surface area contributed by atoms with Crippen molar-refractivity contribution in [3.63, 3.8) is 0 Å². The summed E-state index contributed by atoms with van der Waals surface area (Å²) in [5, 5.41) is 2.96. The fourth-order valence-corrected chi connectivity index (χ4v) is 4.08. The van der Waals surface area contributed by atoms with E-state index in [9.17, 15) is 19.2 Å². The predicted octanol–water partition coefficient (Wildman–Crippen LogP) is 2.55. The Morgan fingerprint density at radius 1 is 1.10 bits per heavy atom. The molecule has 3 rings (SSSR count). The second-order valence-electron chi connectivity index (χ2n) is 8.01. The summed E-state index contributed by atoms with van der Waals surface area (Å²) in [4.78, 5) is 49.7. The summed E-state index contributed by atoms with van der Waals surface area (Å²) in [6.45, 7) is 4.17. The lowest BCUT2D eigenvalue weighted by Gasteiger charge is -2.34. The largest absolute Gasteiger partial charge is 0.456 e. The normalized spacial score (nSPS) is 23.7. The molecule has 156 valence electrons. The molecule has 0 unspecified atom stereocenters. The Morgan fingerprint density at radius 3 is 2.41 bits per heavy atom. The number of hydrogen-bond donors (Lipinski definition) is 1. The van der Waals surface area contributed by atoms with Crippen LogP contribution < -0.4 is 5.32 Å². The second kappa shape index (κ2) is 9.20. The van der Waals surface area contributed by atoms with E-state index in [1.165, 1.54) is 6.42 Å². The van der Waals surface area contributed by atoms with Crippen LogP contribution in [0.2, 0.25) is 0 Å². The molecule has 1 fully saturated rings. The van der Waals surface area contributed by atoms with Gasteiger partial charge in [-0.3, -0.25) is 24.1 Å². The van der Waals surface area contributed by atoms with Crippen molar-refractivity contribution in [2.45, 2.75) is 52.0 Å². The van der Waals surface area contributed by atoms with Gasteiger partial charge < -0.3 is 10.1 Å². The van der Waals surface area contributed by atoms with Crippen LogP contribution in [0.1, 0.15) is 66.7 Å². The molecule has 7 nitrogen and oxygen atoms in total. The minimum Gasteiger partial charge on any atom is -0.456 e. The van der Waals surface area contributed by atoms with Crippen LogP contribution in [0.4, 0.5) is 0 Å². The fourth-order valence-electron chi connectivity index (χ4n) is 4.08. The summed E-state index contributed by atoms with van der Waals surface area (Å²) in [6, 6.07) is 6.79. The average molecular weight is 400 g/mol. The molecule has 0 radical (unpaired) electrons. The van der Waals surface area contributed by atoms with E-state index >= 15 is 0 Å². The number of esters is 1. The number of carbonyl (C=O) groups is 4. The first-order valence-corrected chi connectivity index (χ1v) is 10.3. The maximum absolute atomic E-state index is 12.3. The third kappa shape index (κ3) is 4.83. The summed E-state index contributed by atoms with van der Waals surface area (Å²) < 4.78 is 5.05. The number of nitrogens with one attached hydrogen (secondary N) is 1. The lowest BCUT2D eigenvalue weighted by atomic mass is 9.78. The van der Waals surface area contributed by atoms with E-state index < -0.39 is 5.97 Å². The van der Waals surface area contributed by atoms with Gasteiger partial charge in [0, 0.05) is 19.0 Å². The van der Waals surface area contributed by atoms with Gasteiger partial charge in [-0.25, -0.2) is 0 Å². The number of rotatable bonds is 7. The molecular weight excluding hydrogens is 372 g/mol. The number of hydrogen-bond acceptors (Lipinski definition) is 5. The van der Waals surface area contributed by atoms with Crippen molar-refractivity contribution in [2.75, 3.05) is 13.2 Å². The zero-order chi connectivity index (χ0) is 21.0. The molecule has 1 aliphatic carbocycles. The van der Waals surface area contributed by atoms with E-state index in [0.717, 1.165) is 17.7 Å². The molecule has 0 bridgehead atoms. The third-order valence-corrected chi connectivity index (χ3v) is 6.06. The highest BCUT2D eigenvalue weighted by Crippen LogP contribution is 2.29. The summed E-state index contributed by atoms with van der Waals surface area (Å²) in [5.74, 6) is -0.503. The SMILES string of the molecule is C[C@@H]1[C@@H](C)CCC[C@H]1NC(=O)COC(=O)CCCN1C(=O)c2ccccc2C1=O. The van der Waals surface area contributed by atoms with Crippen LogP contribution in [-0.2, 0) is 14.3 Å². The minimum absolute atomic E-state index is 0.0392. The third-order valence-electron chi connectivity index (χ3n) is 6.06. The molecule has 1 heterocycles. The van der Waals surface area contributed by atoms with Gasteiger partial charge in [0.15, 0.2) is 6.61 Å². The van der Waals surface area contributed by atoms with Gasteiger partial charge in [0.1, 0.15) is 0 Å². The maximum Gasteiger partial charge on any atom is 0.306 e. The zero-order valence-electron chi connectivity index (χ0n) is 17.0. The lowest BCUT2D eigenvalue weighted by molar-refractivity contribution is -0.149. The van der Waals surface area contributed by atoms with Gasteiger partial charge in [-0.15, -0.1) is 0 Å². The van der Waals surface area contributed by atoms with Crippen LogP contribution in [0.15, 0.2) is 24.3 Å². The van der Waals surface area contributed by atoms with Gasteiger partial charge in [0.25, 0.3) is 17.7 Å². The molecule has 29 heavy (non-hydrogen) atoms. The van der Waals surface area contributed by atoms with Crippen molar-refractivity contribution in [3.05, 3.63) is 35.4 Å². The van der Waals surface area contributed by atoms with Crippen molar-refractivity contribution in [3.8, 4) is 0 Å². The number of ether oxygens (including phenoxy) is 1. The molecule has 1 N–H and O–H groups in total. The van der Waals surface area contributed by atoms with Crippen LogP contribution in [0.3, 0.4) is 0 Å². The van der Waals surface area contributed by atoms with E-state index in [-0.39, 0.29) is 43.3 Å². The molecule has 3 atom stereocenters. The highest BCUT2D eigenvalue weighted by molar-refractivity contribution is 6.21. The van der Waals surface area contributed by atoms with Crippen LogP contribution in [-0.4, -0.2) is 47.8 Å². The molecule has 3 amide bonds. The lowest BCUT2D eigenvalue weighted by Crippen LogP contribution is -2.45. The van der Waals surface area contributed by atoms with Crippen molar-refractivity contribution in [2.24, 2.45) is 11.8 Å². The van der Waals surface area contributed by atoms with Crippen LogP contribution >= 0.6 is 0 Å². The van der Waals surface area contributed by atoms with E-state index in [1.54, 1.807) is 24.3 Å². The van der Waals surface area contributed by atoms with Crippen molar-refractivity contribution in [1.82, 2.24) is 10.2 Å². The molecular formula is C22H28N2O5. The molecule has 1 aliphatic heterocycles. The number of imide groups is 1. The molecule has 0 aromatic heterocycles. The van der Waals surface area contributed by atoms with Crippen LogP contribution in [0.25, 0.3) is 0 Å². The standard InChI is InChI=1S/C22H28N2O5/c1-14-7-5-10-18(15(14)2)23-19(25)13-29-20(26)11-6-12-24-21(27)16-8-3-4-9-17(16)22(24)28/h3-4,8-9,14-15,18H,5-7,10-13H2,1-2H3,(H,23,25)/t14-,15+,18+/m0/s1. The number of amides is 3.